The second kappa shape index (κ2) is 7.35. The van der Waals surface area contributed by atoms with Gasteiger partial charge in [0.05, 0.1) is 44.2 Å². The van der Waals surface area contributed by atoms with E-state index in [9.17, 15) is 4.39 Å². The highest BCUT2D eigenvalue weighted by Crippen LogP contribution is 2.34. The summed E-state index contributed by atoms with van der Waals surface area (Å²) in [5, 5.41) is 7.42. The first-order valence-corrected chi connectivity index (χ1v) is 10.2. The predicted octanol–water partition coefficient (Wildman–Crippen LogP) is 1.42. The van der Waals surface area contributed by atoms with Crippen LogP contribution in [0.5, 0.6) is 5.88 Å². The summed E-state index contributed by atoms with van der Waals surface area (Å²) < 4.78 is 43.4. The quantitative estimate of drug-likeness (QED) is 0.496. The normalized spacial score (nSPS) is 22.0. The molecule has 6 heterocycles. The minimum Gasteiger partial charge on any atom is -0.479 e. The Labute approximate surface area is 180 Å². The van der Waals surface area contributed by atoms with E-state index in [1.165, 1.54) is 24.0 Å². The molecular weight excluding hydrogens is 422 g/mol. The van der Waals surface area contributed by atoms with Gasteiger partial charge in [0.25, 0.3) is 0 Å². The van der Waals surface area contributed by atoms with Crippen molar-refractivity contribution < 1.29 is 18.3 Å². The second-order valence-electron chi connectivity index (χ2n) is 7.98. The van der Waals surface area contributed by atoms with Crippen molar-refractivity contribution in [1.82, 2.24) is 33.9 Å². The molecule has 0 saturated carbocycles. The number of ether oxygens (including phenoxy) is 2. The van der Waals surface area contributed by atoms with Crippen LogP contribution in [-0.2, 0) is 4.74 Å². The maximum absolute atomic E-state index is 15.0. The molecule has 1 N–H and O–H groups in total. The van der Waals surface area contributed by atoms with Gasteiger partial charge in [-0.25, -0.2) is 23.3 Å². The number of imidazole rings is 1. The number of aromatic nitrogens is 6. The van der Waals surface area contributed by atoms with E-state index in [0.29, 0.717) is 43.2 Å². The van der Waals surface area contributed by atoms with E-state index in [1.54, 1.807) is 23.0 Å². The van der Waals surface area contributed by atoms with Crippen LogP contribution in [0.3, 0.4) is 0 Å². The number of anilines is 1. The molecule has 32 heavy (non-hydrogen) atoms. The van der Waals surface area contributed by atoms with Gasteiger partial charge in [0, 0.05) is 43.4 Å². The summed E-state index contributed by atoms with van der Waals surface area (Å²) in [4.78, 5) is 14.8. The van der Waals surface area contributed by atoms with Crippen molar-refractivity contribution >= 4 is 17.2 Å². The fourth-order valence-electron chi connectivity index (χ4n) is 4.27. The number of nitrogens with zero attached hydrogens (tertiary/aromatic N) is 7. The van der Waals surface area contributed by atoms with Crippen molar-refractivity contribution in [1.29, 1.82) is 0 Å². The van der Waals surface area contributed by atoms with Gasteiger partial charge < -0.3 is 14.8 Å². The Kier molecular flexibility index (Phi) is 4.43. The van der Waals surface area contributed by atoms with Crippen LogP contribution in [0.2, 0.25) is 0 Å². The lowest BCUT2D eigenvalue weighted by Crippen LogP contribution is -2.48. The topological polar surface area (TPSA) is 94.1 Å². The largest absolute Gasteiger partial charge is 0.479 e. The zero-order valence-electron chi connectivity index (χ0n) is 17.2. The molecule has 0 unspecified atom stereocenters. The van der Waals surface area contributed by atoms with Crippen LogP contribution in [0.1, 0.15) is 0 Å². The number of methoxy groups -OCH3 is 1. The van der Waals surface area contributed by atoms with Crippen LogP contribution in [-0.4, -0.2) is 85.5 Å². The van der Waals surface area contributed by atoms with E-state index >= 15 is 4.39 Å². The van der Waals surface area contributed by atoms with Gasteiger partial charge in [-0.2, -0.15) is 4.98 Å². The molecule has 2 aliphatic rings. The first kappa shape index (κ1) is 19.3. The van der Waals surface area contributed by atoms with Crippen LogP contribution >= 0.6 is 0 Å². The first-order chi connectivity index (χ1) is 15.6. The first-order valence-electron chi connectivity index (χ1n) is 10.2. The molecule has 4 aromatic rings. The average Bonchev–Trinajstić information content (AvgIpc) is 3.42. The molecule has 12 heteroatoms. The molecule has 0 aliphatic carbocycles. The molecule has 2 fully saturated rings. The third-order valence-corrected chi connectivity index (χ3v) is 6.01. The monoisotopic (exact) mass is 442 g/mol. The van der Waals surface area contributed by atoms with Gasteiger partial charge in [-0.05, 0) is 0 Å². The van der Waals surface area contributed by atoms with Crippen LogP contribution in [0.15, 0.2) is 31.0 Å². The third kappa shape index (κ3) is 3.06. The Balaban J connectivity index is 1.35. The number of rotatable bonds is 5. The van der Waals surface area contributed by atoms with Crippen molar-refractivity contribution in [2.75, 3.05) is 38.7 Å². The molecule has 2 atom stereocenters. The Hall–Kier alpha value is -3.38. The van der Waals surface area contributed by atoms with Gasteiger partial charge in [0.15, 0.2) is 5.82 Å². The van der Waals surface area contributed by atoms with Gasteiger partial charge >= 0.3 is 0 Å². The molecule has 10 nitrogen and oxygen atoms in total. The molecule has 2 aliphatic heterocycles. The molecule has 0 spiro atoms. The standard InChI is InChI=1S/C20H20F2N8O2/c1-31-18-17-16(11-4-24-20-23-2-3-28(20)5-11)14(22)7-30(17)27-19(26-18)25-15-8-29(6-13(15)21)12-9-32-10-12/h2-5,7,12-13,15H,6,8-10H2,1H3,(H,25,27)/t13-,15+/m0/s1. The summed E-state index contributed by atoms with van der Waals surface area (Å²) in [5.41, 5.74) is 1.14. The fraction of sp³-hybridized carbons (Fsp3) is 0.400. The van der Waals surface area contributed by atoms with Crippen molar-refractivity contribution in [2.24, 2.45) is 0 Å². The number of alkyl halides is 1. The molecule has 4 aromatic heterocycles. The summed E-state index contributed by atoms with van der Waals surface area (Å²) in [6, 6.07) is -0.231. The molecular formula is C20H20F2N8O2. The Morgan fingerprint density at radius 2 is 2.09 bits per heavy atom. The number of hydrogen-bond donors (Lipinski definition) is 1. The van der Waals surface area contributed by atoms with Crippen molar-refractivity contribution in [2.45, 2.75) is 18.3 Å². The van der Waals surface area contributed by atoms with E-state index in [0.717, 1.165) is 0 Å². The van der Waals surface area contributed by atoms with Crippen molar-refractivity contribution in [3.63, 3.8) is 0 Å². The highest BCUT2D eigenvalue weighted by molar-refractivity contribution is 5.84. The number of likely N-dealkylation sites (tertiary alicyclic amines) is 1. The molecule has 0 aromatic carbocycles. The van der Waals surface area contributed by atoms with E-state index in [-0.39, 0.29) is 23.4 Å². The van der Waals surface area contributed by atoms with Crippen LogP contribution in [0, 0.1) is 5.82 Å². The third-order valence-electron chi connectivity index (χ3n) is 6.01. The van der Waals surface area contributed by atoms with Crippen LogP contribution < -0.4 is 10.1 Å². The van der Waals surface area contributed by atoms with Crippen molar-refractivity contribution in [3.05, 3.63) is 36.8 Å². The minimum atomic E-state index is -1.08. The predicted molar refractivity (Wildman–Crippen MR) is 110 cm³/mol. The van der Waals surface area contributed by atoms with Gasteiger partial charge in [-0.1, -0.05) is 0 Å². The highest BCUT2D eigenvalue weighted by Gasteiger charge is 2.39. The number of hydrogen-bond acceptors (Lipinski definition) is 8. The minimum absolute atomic E-state index is 0.165. The zero-order chi connectivity index (χ0) is 21.8. The van der Waals surface area contributed by atoms with E-state index in [4.69, 9.17) is 9.47 Å². The van der Waals surface area contributed by atoms with Crippen molar-refractivity contribution in [3.8, 4) is 17.0 Å². The smallest absolute Gasteiger partial charge is 0.244 e. The van der Waals surface area contributed by atoms with Crippen LogP contribution in [0.4, 0.5) is 14.7 Å². The lowest BCUT2D eigenvalue weighted by molar-refractivity contribution is -0.0585. The van der Waals surface area contributed by atoms with Gasteiger partial charge in [0.1, 0.15) is 11.7 Å². The SMILES string of the molecule is COc1nc(N[C@@H]2CN(C3COC3)C[C@@H]2F)nn2cc(F)c(-c3cnc4nccn4c3)c12. The van der Waals surface area contributed by atoms with E-state index in [1.807, 2.05) is 0 Å². The Morgan fingerprint density at radius 1 is 1.22 bits per heavy atom. The summed E-state index contributed by atoms with van der Waals surface area (Å²) in [6.07, 6.45) is 6.78. The van der Waals surface area contributed by atoms with E-state index in [2.05, 4.69) is 30.3 Å². The fourth-order valence-corrected chi connectivity index (χ4v) is 4.27. The molecule has 6 rings (SSSR count). The summed E-state index contributed by atoms with van der Waals surface area (Å²) in [5.74, 6) is 0.340. The Bertz CT molecular complexity index is 1300. The van der Waals surface area contributed by atoms with Gasteiger partial charge in [-0.3, -0.25) is 9.30 Å². The maximum atomic E-state index is 15.0. The molecule has 166 valence electrons. The Morgan fingerprint density at radius 3 is 2.88 bits per heavy atom. The lowest BCUT2D eigenvalue weighted by atomic mass is 10.1. The van der Waals surface area contributed by atoms with E-state index < -0.39 is 18.0 Å². The summed E-state index contributed by atoms with van der Waals surface area (Å²) >= 11 is 0. The summed E-state index contributed by atoms with van der Waals surface area (Å²) in [6.45, 7) is 2.10. The van der Waals surface area contributed by atoms with Gasteiger partial charge in [-0.15, -0.1) is 5.10 Å². The summed E-state index contributed by atoms with van der Waals surface area (Å²) in [7, 11) is 1.45. The number of fused-ring (bicyclic) bond motifs is 2. The van der Waals surface area contributed by atoms with Crippen LogP contribution in [0.25, 0.3) is 22.4 Å². The number of nitrogens with one attached hydrogen (secondary N) is 1. The highest BCUT2D eigenvalue weighted by atomic mass is 19.1. The average molecular weight is 442 g/mol. The number of halogens is 2. The molecule has 2 saturated heterocycles. The lowest BCUT2D eigenvalue weighted by Gasteiger charge is -2.34. The molecule has 0 radical (unpaired) electrons. The molecule has 0 bridgehead atoms. The van der Waals surface area contributed by atoms with Gasteiger partial charge in [0.2, 0.25) is 17.6 Å². The second-order valence-corrected chi connectivity index (χ2v) is 7.98. The maximum Gasteiger partial charge on any atom is 0.244 e. The zero-order valence-corrected chi connectivity index (χ0v) is 17.2. The molecule has 0 amide bonds.